The van der Waals surface area contributed by atoms with Crippen molar-refractivity contribution in [2.45, 2.75) is 17.4 Å². The monoisotopic (exact) mass is 358 g/mol. The summed E-state index contributed by atoms with van der Waals surface area (Å²) in [6.45, 7) is 0. The molecule has 2 aliphatic carbocycles. The Morgan fingerprint density at radius 3 is 2.89 bits per heavy atom. The Balaban J connectivity index is 1.75. The first kappa shape index (κ1) is 15.9. The molecule has 6 nitrogen and oxygen atoms in total. The first-order valence-electron chi connectivity index (χ1n) is 8.83. The maximum Gasteiger partial charge on any atom is 0.242 e. The third-order valence-corrected chi connectivity index (χ3v) is 6.49. The molecule has 6 heteroatoms. The summed E-state index contributed by atoms with van der Waals surface area (Å²) in [5.41, 5.74) is 2.12. The molecule has 5 rings (SSSR count). The van der Waals surface area contributed by atoms with Gasteiger partial charge in [0.05, 0.1) is 24.3 Å². The first-order chi connectivity index (χ1) is 13.0. The summed E-state index contributed by atoms with van der Waals surface area (Å²) in [4.78, 5) is 14.9. The third kappa shape index (κ3) is 1.61. The van der Waals surface area contributed by atoms with Gasteiger partial charge in [0, 0.05) is 13.0 Å². The van der Waals surface area contributed by atoms with Gasteiger partial charge in [0.15, 0.2) is 5.96 Å². The Labute approximate surface area is 156 Å². The Morgan fingerprint density at radius 1 is 1.33 bits per heavy atom. The van der Waals surface area contributed by atoms with Gasteiger partial charge in [0.2, 0.25) is 5.91 Å². The van der Waals surface area contributed by atoms with E-state index < -0.39 is 11.0 Å². The number of benzene rings is 2. The van der Waals surface area contributed by atoms with Crippen molar-refractivity contribution in [1.82, 2.24) is 10.2 Å². The fourth-order valence-electron chi connectivity index (χ4n) is 5.32. The zero-order valence-electron chi connectivity index (χ0n) is 15.0. The van der Waals surface area contributed by atoms with E-state index in [1.54, 1.807) is 20.2 Å². The van der Waals surface area contributed by atoms with Crippen molar-refractivity contribution in [2.75, 3.05) is 14.2 Å². The highest BCUT2D eigenvalue weighted by Gasteiger charge is 2.86. The lowest BCUT2D eigenvalue weighted by molar-refractivity contribution is -0.131. The Morgan fingerprint density at radius 2 is 2.15 bits per heavy atom. The molecule has 1 spiro atoms. The van der Waals surface area contributed by atoms with E-state index in [9.17, 15) is 10.1 Å². The largest absolute Gasteiger partial charge is 0.497 e. The molecule has 27 heavy (non-hydrogen) atoms. The van der Waals surface area contributed by atoms with E-state index in [1.807, 2.05) is 36.4 Å². The van der Waals surface area contributed by atoms with Crippen molar-refractivity contribution < 1.29 is 9.53 Å². The van der Waals surface area contributed by atoms with Gasteiger partial charge in [-0.1, -0.05) is 18.2 Å². The number of ether oxygens (including phenoxy) is 1. The molecule has 0 unspecified atom stereocenters. The van der Waals surface area contributed by atoms with Crippen LogP contribution in [0.5, 0.6) is 5.75 Å². The average molecular weight is 358 g/mol. The van der Waals surface area contributed by atoms with Crippen LogP contribution in [0.2, 0.25) is 0 Å². The number of guanidine groups is 1. The number of amides is 1. The van der Waals surface area contributed by atoms with Crippen LogP contribution in [0.15, 0.2) is 42.5 Å². The van der Waals surface area contributed by atoms with Crippen molar-refractivity contribution in [1.29, 1.82) is 10.7 Å². The fraction of sp³-hybridized carbons (Fsp3) is 0.286. The molecular weight excluding hydrogens is 340 g/mol. The Bertz CT molecular complexity index is 1070. The van der Waals surface area contributed by atoms with Crippen LogP contribution in [0.25, 0.3) is 0 Å². The van der Waals surface area contributed by atoms with Gasteiger partial charge >= 0.3 is 0 Å². The van der Waals surface area contributed by atoms with Gasteiger partial charge in [0.1, 0.15) is 11.2 Å². The van der Waals surface area contributed by atoms with Crippen LogP contribution < -0.4 is 10.1 Å². The maximum absolute atomic E-state index is 13.5. The molecule has 1 saturated heterocycles. The molecule has 0 bridgehead atoms. The Kier molecular flexibility index (Phi) is 2.88. The second kappa shape index (κ2) is 4.89. The minimum Gasteiger partial charge on any atom is -0.497 e. The number of carbonyl (C=O) groups excluding carboxylic acids is 1. The van der Waals surface area contributed by atoms with Crippen LogP contribution in [0.4, 0.5) is 0 Å². The second-order valence-electron chi connectivity index (χ2n) is 7.43. The van der Waals surface area contributed by atoms with Gasteiger partial charge in [0.25, 0.3) is 0 Å². The molecule has 1 aliphatic heterocycles. The summed E-state index contributed by atoms with van der Waals surface area (Å²) in [7, 11) is 3.27. The van der Waals surface area contributed by atoms with E-state index in [1.165, 1.54) is 4.90 Å². The number of hydrogen-bond donors (Lipinski definition) is 2. The molecular formula is C21H18N4O2. The van der Waals surface area contributed by atoms with Crippen LogP contribution in [-0.2, 0) is 22.2 Å². The summed E-state index contributed by atoms with van der Waals surface area (Å²) in [6, 6.07) is 15.4. The van der Waals surface area contributed by atoms with E-state index in [-0.39, 0.29) is 17.8 Å². The third-order valence-electron chi connectivity index (χ3n) is 6.49. The van der Waals surface area contributed by atoms with E-state index in [0.717, 1.165) is 28.9 Å². The zero-order chi connectivity index (χ0) is 19.0. The Hall–Kier alpha value is -3.33. The van der Waals surface area contributed by atoms with Crippen LogP contribution in [0, 0.1) is 22.7 Å². The van der Waals surface area contributed by atoms with E-state index in [0.29, 0.717) is 5.56 Å². The highest BCUT2D eigenvalue weighted by atomic mass is 16.5. The fourth-order valence-corrected chi connectivity index (χ4v) is 5.32. The molecule has 1 saturated carbocycles. The second-order valence-corrected chi connectivity index (χ2v) is 7.43. The van der Waals surface area contributed by atoms with Gasteiger partial charge in [-0.05, 0) is 47.4 Å². The van der Waals surface area contributed by atoms with Crippen LogP contribution in [0.1, 0.15) is 22.3 Å². The number of methoxy groups -OCH3 is 1. The molecule has 2 N–H and O–H groups in total. The van der Waals surface area contributed by atoms with Crippen molar-refractivity contribution in [3.63, 3.8) is 0 Å². The maximum atomic E-state index is 13.5. The molecule has 2 aromatic rings. The van der Waals surface area contributed by atoms with Crippen molar-refractivity contribution in [2.24, 2.45) is 5.92 Å². The van der Waals surface area contributed by atoms with Crippen LogP contribution in [0.3, 0.4) is 0 Å². The summed E-state index contributed by atoms with van der Waals surface area (Å²) < 4.78 is 5.35. The number of rotatable bonds is 2. The van der Waals surface area contributed by atoms with Crippen molar-refractivity contribution in [3.8, 4) is 11.8 Å². The van der Waals surface area contributed by atoms with Crippen LogP contribution >= 0.6 is 0 Å². The lowest BCUT2D eigenvalue weighted by Crippen LogP contribution is -2.59. The average Bonchev–Trinajstić information content (AvgIpc) is 3.12. The zero-order valence-corrected chi connectivity index (χ0v) is 15.0. The molecule has 1 heterocycles. The molecule has 3 aliphatic rings. The SMILES string of the molecule is COc1ccc2c(c1)C[C@H]1[C@]23C(=O)N(C)C(=N)N[C@@]13c1cccc(C#N)c1. The topological polar surface area (TPSA) is 89.2 Å². The number of hydrogen-bond acceptors (Lipinski definition) is 4. The standard InChI is InChI=1S/C21H18N4O2/c1-25-18(26)20-16-7-6-15(27-2)9-13(16)10-17(20)21(20,24-19(25)23)14-5-3-4-12(8-14)11-22/h3-9,17H,10H2,1-2H3,(H2,23,24)/t17-,20-,21-/m0/s1. The predicted molar refractivity (Wildman–Crippen MR) is 98.3 cm³/mol. The van der Waals surface area contributed by atoms with E-state index >= 15 is 0 Å². The molecule has 0 aromatic heterocycles. The minimum absolute atomic E-state index is 0.00107. The summed E-state index contributed by atoms with van der Waals surface area (Å²) in [6.07, 6.45) is 0.725. The van der Waals surface area contributed by atoms with E-state index in [2.05, 4.69) is 11.4 Å². The lowest BCUT2D eigenvalue weighted by Gasteiger charge is -2.38. The lowest BCUT2D eigenvalue weighted by atomic mass is 9.82. The van der Waals surface area contributed by atoms with Gasteiger partial charge in [-0.3, -0.25) is 15.1 Å². The molecule has 3 atom stereocenters. The summed E-state index contributed by atoms with van der Waals surface area (Å²) in [5.74, 6) is 0.805. The summed E-state index contributed by atoms with van der Waals surface area (Å²) >= 11 is 0. The predicted octanol–water partition coefficient (Wildman–Crippen LogP) is 1.88. The number of fused-ring (bicyclic) bond motifs is 2. The summed E-state index contributed by atoms with van der Waals surface area (Å²) in [5, 5.41) is 20.9. The molecule has 2 aromatic carbocycles. The number of nitriles is 1. The van der Waals surface area contributed by atoms with Crippen molar-refractivity contribution in [3.05, 3.63) is 64.7 Å². The van der Waals surface area contributed by atoms with Gasteiger partial charge in [-0.15, -0.1) is 0 Å². The molecule has 2 fully saturated rings. The number of nitrogens with one attached hydrogen (secondary N) is 2. The minimum atomic E-state index is -0.748. The highest BCUT2D eigenvalue weighted by Crippen LogP contribution is 2.75. The smallest absolute Gasteiger partial charge is 0.242 e. The molecule has 134 valence electrons. The molecule has 0 radical (unpaired) electrons. The number of likely N-dealkylation sites (N-methyl/N-ethyl adjacent to an activating group) is 1. The first-order valence-corrected chi connectivity index (χ1v) is 8.83. The van der Waals surface area contributed by atoms with Crippen molar-refractivity contribution >= 4 is 11.9 Å². The number of nitrogens with zero attached hydrogens (tertiary/aromatic N) is 2. The van der Waals surface area contributed by atoms with Gasteiger partial charge in [-0.25, -0.2) is 0 Å². The van der Waals surface area contributed by atoms with Crippen LogP contribution in [-0.4, -0.2) is 30.9 Å². The quantitative estimate of drug-likeness (QED) is 0.858. The highest BCUT2D eigenvalue weighted by molar-refractivity contribution is 6.10. The van der Waals surface area contributed by atoms with Gasteiger partial charge in [-0.2, -0.15) is 5.26 Å². The number of carbonyl (C=O) groups is 1. The van der Waals surface area contributed by atoms with E-state index in [4.69, 9.17) is 10.1 Å². The van der Waals surface area contributed by atoms with Gasteiger partial charge < -0.3 is 10.1 Å². The molecule has 1 amide bonds. The normalized spacial score (nSPS) is 30.0.